The van der Waals surface area contributed by atoms with E-state index in [2.05, 4.69) is 0 Å². The van der Waals surface area contributed by atoms with Gasteiger partial charge in [0.2, 0.25) is 0 Å². The molecular formula is C23H20NO4+. The van der Waals surface area contributed by atoms with Gasteiger partial charge in [-0.05, 0) is 35.4 Å². The van der Waals surface area contributed by atoms with Gasteiger partial charge >= 0.3 is 11.9 Å². The number of benzene rings is 2. The van der Waals surface area contributed by atoms with Gasteiger partial charge in [-0.15, -0.1) is 0 Å². The van der Waals surface area contributed by atoms with Crippen LogP contribution < -0.4 is 4.57 Å². The molecule has 0 aliphatic rings. The summed E-state index contributed by atoms with van der Waals surface area (Å²) in [7, 11) is 1.36. The Morgan fingerprint density at radius 3 is 1.93 bits per heavy atom. The molecule has 3 rings (SSSR count). The first-order valence-electron chi connectivity index (χ1n) is 8.73. The van der Waals surface area contributed by atoms with E-state index in [1.807, 2.05) is 65.5 Å². The second-order valence-corrected chi connectivity index (χ2v) is 6.25. The van der Waals surface area contributed by atoms with Crippen LogP contribution in [0.2, 0.25) is 0 Å². The molecule has 5 heteroatoms. The van der Waals surface area contributed by atoms with Crippen molar-refractivity contribution in [3.63, 3.8) is 0 Å². The van der Waals surface area contributed by atoms with E-state index in [-0.39, 0.29) is 11.5 Å². The highest BCUT2D eigenvalue weighted by atomic mass is 16.5. The summed E-state index contributed by atoms with van der Waals surface area (Å²) in [5, 5.41) is 8.95. The van der Waals surface area contributed by atoms with Gasteiger partial charge in [-0.25, -0.2) is 14.2 Å². The zero-order valence-electron chi connectivity index (χ0n) is 15.4. The molecule has 3 aromatic rings. The SMILES string of the molecule is COC(=O)c1ccc(/C=C\c2cc[n+](Cc3ccc(C(=O)O)cc3)cc2)cc1. The van der Waals surface area contributed by atoms with Crippen LogP contribution in [0, 0.1) is 0 Å². The number of hydrogen-bond acceptors (Lipinski definition) is 3. The fraction of sp³-hybridized carbons (Fsp3) is 0.0870. The maximum Gasteiger partial charge on any atom is 0.337 e. The Morgan fingerprint density at radius 1 is 0.857 bits per heavy atom. The maximum atomic E-state index is 11.4. The van der Waals surface area contributed by atoms with Gasteiger partial charge in [0, 0.05) is 17.7 Å². The van der Waals surface area contributed by atoms with Crippen LogP contribution in [0.25, 0.3) is 12.2 Å². The highest BCUT2D eigenvalue weighted by molar-refractivity contribution is 5.89. The van der Waals surface area contributed by atoms with Crippen molar-refractivity contribution in [2.24, 2.45) is 0 Å². The largest absolute Gasteiger partial charge is 0.478 e. The fourth-order valence-electron chi connectivity index (χ4n) is 2.69. The number of nitrogens with zero attached hydrogens (tertiary/aromatic N) is 1. The molecule has 0 saturated carbocycles. The molecule has 0 fully saturated rings. The lowest BCUT2D eigenvalue weighted by Crippen LogP contribution is -2.33. The Morgan fingerprint density at radius 2 is 1.39 bits per heavy atom. The Kier molecular flexibility index (Phi) is 5.97. The molecule has 0 atom stereocenters. The molecule has 0 amide bonds. The summed E-state index contributed by atoms with van der Waals surface area (Å²) in [4.78, 5) is 22.3. The van der Waals surface area contributed by atoms with E-state index in [0.717, 1.165) is 16.7 Å². The van der Waals surface area contributed by atoms with Crippen LogP contribution in [-0.4, -0.2) is 24.2 Å². The topological polar surface area (TPSA) is 67.5 Å². The first-order valence-corrected chi connectivity index (χ1v) is 8.73. The van der Waals surface area contributed by atoms with Crippen LogP contribution >= 0.6 is 0 Å². The molecule has 1 aromatic heterocycles. The highest BCUT2D eigenvalue weighted by Gasteiger charge is 2.06. The molecule has 0 saturated heterocycles. The number of hydrogen-bond donors (Lipinski definition) is 1. The van der Waals surface area contributed by atoms with Crippen molar-refractivity contribution in [2.75, 3.05) is 7.11 Å². The Balaban J connectivity index is 1.63. The zero-order chi connectivity index (χ0) is 19.9. The number of carbonyl (C=O) groups is 2. The van der Waals surface area contributed by atoms with Gasteiger partial charge < -0.3 is 9.84 Å². The van der Waals surface area contributed by atoms with Gasteiger partial charge in [0.05, 0.1) is 18.2 Å². The second kappa shape index (κ2) is 8.77. The number of pyridine rings is 1. The molecule has 0 radical (unpaired) electrons. The van der Waals surface area contributed by atoms with Gasteiger partial charge in [0.25, 0.3) is 0 Å². The van der Waals surface area contributed by atoms with E-state index in [1.54, 1.807) is 24.3 Å². The summed E-state index contributed by atoms with van der Waals surface area (Å²) in [5.74, 6) is -1.27. The average Bonchev–Trinajstić information content (AvgIpc) is 2.73. The third-order valence-electron chi connectivity index (χ3n) is 4.28. The van der Waals surface area contributed by atoms with Crippen molar-refractivity contribution in [1.29, 1.82) is 0 Å². The molecule has 28 heavy (non-hydrogen) atoms. The van der Waals surface area contributed by atoms with Crippen molar-refractivity contribution in [1.82, 2.24) is 0 Å². The summed E-state index contributed by atoms with van der Waals surface area (Å²) < 4.78 is 6.72. The number of ether oxygens (including phenoxy) is 1. The zero-order valence-corrected chi connectivity index (χ0v) is 15.4. The van der Waals surface area contributed by atoms with Crippen molar-refractivity contribution in [3.05, 3.63) is 101 Å². The predicted octanol–water partition coefficient (Wildman–Crippen LogP) is 3.68. The fourth-order valence-corrected chi connectivity index (χ4v) is 2.69. The minimum absolute atomic E-state index is 0.286. The third-order valence-corrected chi connectivity index (χ3v) is 4.28. The van der Waals surface area contributed by atoms with E-state index in [4.69, 9.17) is 9.84 Å². The molecule has 1 N–H and O–H groups in total. The van der Waals surface area contributed by atoms with E-state index in [1.165, 1.54) is 7.11 Å². The minimum Gasteiger partial charge on any atom is -0.478 e. The number of methoxy groups -OCH3 is 1. The lowest BCUT2D eigenvalue weighted by Gasteiger charge is -2.00. The predicted molar refractivity (Wildman–Crippen MR) is 106 cm³/mol. The first kappa shape index (κ1) is 19.0. The lowest BCUT2D eigenvalue weighted by atomic mass is 10.1. The smallest absolute Gasteiger partial charge is 0.337 e. The van der Waals surface area contributed by atoms with E-state index in [0.29, 0.717) is 12.1 Å². The molecule has 0 spiro atoms. The van der Waals surface area contributed by atoms with Crippen LogP contribution in [0.4, 0.5) is 0 Å². The van der Waals surface area contributed by atoms with Crippen LogP contribution in [0.5, 0.6) is 0 Å². The van der Waals surface area contributed by atoms with Crippen molar-refractivity contribution >= 4 is 24.1 Å². The van der Waals surface area contributed by atoms with Crippen LogP contribution in [0.1, 0.15) is 37.4 Å². The number of aromatic nitrogens is 1. The monoisotopic (exact) mass is 374 g/mol. The third kappa shape index (κ3) is 4.92. The molecule has 2 aromatic carbocycles. The summed E-state index contributed by atoms with van der Waals surface area (Å²) in [5.41, 5.74) is 3.88. The minimum atomic E-state index is -0.921. The number of carbonyl (C=O) groups excluding carboxylic acids is 1. The highest BCUT2D eigenvalue weighted by Crippen LogP contribution is 2.10. The van der Waals surface area contributed by atoms with E-state index < -0.39 is 5.97 Å². The first-order chi connectivity index (χ1) is 13.5. The second-order valence-electron chi connectivity index (χ2n) is 6.25. The number of esters is 1. The van der Waals surface area contributed by atoms with Gasteiger partial charge in [0.15, 0.2) is 18.9 Å². The van der Waals surface area contributed by atoms with Gasteiger partial charge in [-0.3, -0.25) is 0 Å². The quantitative estimate of drug-likeness (QED) is 0.528. The van der Waals surface area contributed by atoms with E-state index >= 15 is 0 Å². The number of carboxylic acids is 1. The van der Waals surface area contributed by atoms with Crippen LogP contribution in [0.15, 0.2) is 73.1 Å². The Hall–Kier alpha value is -3.73. The molecule has 0 aliphatic heterocycles. The van der Waals surface area contributed by atoms with Crippen molar-refractivity contribution in [2.45, 2.75) is 6.54 Å². The van der Waals surface area contributed by atoms with E-state index in [9.17, 15) is 9.59 Å². The van der Waals surface area contributed by atoms with Gasteiger partial charge in [-0.1, -0.05) is 36.4 Å². The van der Waals surface area contributed by atoms with Crippen molar-refractivity contribution in [3.8, 4) is 0 Å². The molecule has 1 heterocycles. The summed E-state index contributed by atoms with van der Waals surface area (Å²) in [6.07, 6.45) is 7.93. The molecule has 0 bridgehead atoms. The molecule has 5 nitrogen and oxygen atoms in total. The van der Waals surface area contributed by atoms with Gasteiger partial charge in [-0.2, -0.15) is 0 Å². The van der Waals surface area contributed by atoms with Crippen LogP contribution in [-0.2, 0) is 11.3 Å². The number of rotatable bonds is 6. The summed E-state index contributed by atoms with van der Waals surface area (Å²) in [6.45, 7) is 0.666. The maximum absolute atomic E-state index is 11.4. The number of aromatic carboxylic acids is 1. The van der Waals surface area contributed by atoms with Crippen LogP contribution in [0.3, 0.4) is 0 Å². The number of carboxylic acid groups (broad SMARTS) is 1. The molecule has 0 unspecified atom stereocenters. The summed E-state index contributed by atoms with van der Waals surface area (Å²) >= 11 is 0. The normalized spacial score (nSPS) is 10.8. The lowest BCUT2D eigenvalue weighted by molar-refractivity contribution is -0.688. The Labute approximate surface area is 163 Å². The standard InChI is InChI=1S/C23H19NO4/c1-28-23(27)21-10-4-17(5-11-21)2-3-18-12-14-24(15-13-18)16-19-6-8-20(9-7-19)22(25)26/h2-15H,16H2,1H3/p+1/b3-2-. The molecular weight excluding hydrogens is 354 g/mol. The van der Waals surface area contributed by atoms with Gasteiger partial charge in [0.1, 0.15) is 0 Å². The Bertz CT molecular complexity index is 988. The molecule has 0 aliphatic carbocycles. The summed E-state index contributed by atoms with van der Waals surface area (Å²) in [6, 6.07) is 18.1. The van der Waals surface area contributed by atoms with Crippen molar-refractivity contribution < 1.29 is 24.0 Å². The average molecular weight is 374 g/mol. The molecule has 140 valence electrons.